The Balaban J connectivity index is 1.68. The fraction of sp³-hybridized carbons (Fsp3) is 0.391. The molecule has 2 amide bonds. The number of carbonyl (C=O) groups excluding carboxylic acids is 1. The van der Waals surface area contributed by atoms with E-state index < -0.39 is 0 Å². The SMILES string of the molecule is CCN(C)CCN(C)C(=O)N1N=C2c3cc(F)ccc3OCC2C1c1ccccc1. The highest BCUT2D eigenvalue weighted by molar-refractivity contribution is 6.07. The molecule has 0 aromatic heterocycles. The van der Waals surface area contributed by atoms with Gasteiger partial charge >= 0.3 is 6.03 Å². The summed E-state index contributed by atoms with van der Waals surface area (Å²) in [5, 5.41) is 6.26. The molecule has 158 valence electrons. The predicted octanol–water partition coefficient (Wildman–Crippen LogP) is 3.60. The average molecular weight is 410 g/mol. The van der Waals surface area contributed by atoms with Gasteiger partial charge in [0.1, 0.15) is 11.6 Å². The zero-order valence-corrected chi connectivity index (χ0v) is 17.6. The van der Waals surface area contributed by atoms with Crippen LogP contribution in [0.25, 0.3) is 0 Å². The quantitative estimate of drug-likeness (QED) is 0.757. The average Bonchev–Trinajstić information content (AvgIpc) is 3.17. The molecule has 30 heavy (non-hydrogen) atoms. The van der Waals surface area contributed by atoms with Crippen LogP contribution in [-0.4, -0.2) is 66.9 Å². The van der Waals surface area contributed by atoms with Crippen molar-refractivity contribution in [1.29, 1.82) is 0 Å². The van der Waals surface area contributed by atoms with E-state index in [1.807, 2.05) is 37.4 Å². The van der Waals surface area contributed by atoms with E-state index in [0.717, 1.165) is 18.7 Å². The van der Waals surface area contributed by atoms with Gasteiger partial charge in [0.25, 0.3) is 0 Å². The van der Waals surface area contributed by atoms with Gasteiger partial charge in [-0.15, -0.1) is 0 Å². The van der Waals surface area contributed by atoms with E-state index in [-0.39, 0.29) is 23.8 Å². The lowest BCUT2D eigenvalue weighted by Gasteiger charge is -2.32. The van der Waals surface area contributed by atoms with Crippen molar-refractivity contribution in [3.63, 3.8) is 0 Å². The molecule has 0 N–H and O–H groups in total. The summed E-state index contributed by atoms with van der Waals surface area (Å²) in [7, 11) is 3.82. The highest BCUT2D eigenvalue weighted by atomic mass is 19.1. The van der Waals surface area contributed by atoms with Gasteiger partial charge in [-0.2, -0.15) is 5.10 Å². The number of carbonyl (C=O) groups is 1. The third kappa shape index (κ3) is 3.77. The smallest absolute Gasteiger partial charge is 0.340 e. The fourth-order valence-electron chi connectivity index (χ4n) is 3.94. The third-order valence-electron chi connectivity index (χ3n) is 5.87. The number of amides is 2. The summed E-state index contributed by atoms with van der Waals surface area (Å²) in [5.41, 5.74) is 2.31. The van der Waals surface area contributed by atoms with E-state index >= 15 is 0 Å². The van der Waals surface area contributed by atoms with Gasteiger partial charge in [0.05, 0.1) is 24.3 Å². The summed E-state index contributed by atoms with van der Waals surface area (Å²) in [6.45, 7) is 4.77. The van der Waals surface area contributed by atoms with Crippen molar-refractivity contribution < 1.29 is 13.9 Å². The van der Waals surface area contributed by atoms with Crippen molar-refractivity contribution in [2.45, 2.75) is 13.0 Å². The Morgan fingerprint density at radius 3 is 2.70 bits per heavy atom. The summed E-state index contributed by atoms with van der Waals surface area (Å²) < 4.78 is 19.9. The maximum absolute atomic E-state index is 14.0. The Hall–Kier alpha value is -2.93. The van der Waals surface area contributed by atoms with Gasteiger partial charge in [-0.3, -0.25) is 0 Å². The van der Waals surface area contributed by atoms with Crippen LogP contribution in [0, 0.1) is 11.7 Å². The largest absolute Gasteiger partial charge is 0.492 e. The lowest BCUT2D eigenvalue weighted by atomic mass is 9.86. The minimum Gasteiger partial charge on any atom is -0.492 e. The van der Waals surface area contributed by atoms with E-state index in [1.54, 1.807) is 23.0 Å². The number of fused-ring (bicyclic) bond motifs is 3. The Morgan fingerprint density at radius 2 is 1.97 bits per heavy atom. The van der Waals surface area contributed by atoms with E-state index in [0.29, 0.717) is 30.2 Å². The molecule has 2 unspecified atom stereocenters. The number of ether oxygens (including phenoxy) is 1. The van der Waals surface area contributed by atoms with Gasteiger partial charge in [0.15, 0.2) is 0 Å². The first-order valence-corrected chi connectivity index (χ1v) is 10.3. The van der Waals surface area contributed by atoms with E-state index in [4.69, 9.17) is 9.84 Å². The van der Waals surface area contributed by atoms with Gasteiger partial charge in [0.2, 0.25) is 0 Å². The number of hydrogen-bond donors (Lipinski definition) is 0. The normalized spacial score (nSPS) is 19.8. The summed E-state index contributed by atoms with van der Waals surface area (Å²) >= 11 is 0. The molecule has 2 heterocycles. The number of hydrogen-bond acceptors (Lipinski definition) is 4. The van der Waals surface area contributed by atoms with E-state index in [9.17, 15) is 9.18 Å². The minimum atomic E-state index is -0.346. The van der Waals surface area contributed by atoms with Crippen molar-refractivity contribution in [2.75, 3.05) is 40.3 Å². The van der Waals surface area contributed by atoms with Crippen LogP contribution in [-0.2, 0) is 0 Å². The molecule has 2 aromatic carbocycles. The zero-order chi connectivity index (χ0) is 21.3. The van der Waals surface area contributed by atoms with Crippen molar-refractivity contribution in [1.82, 2.24) is 14.8 Å². The molecule has 0 radical (unpaired) electrons. The molecule has 0 bridgehead atoms. The Labute approximate surface area is 176 Å². The van der Waals surface area contributed by atoms with Crippen molar-refractivity contribution in [3.05, 3.63) is 65.5 Å². The monoisotopic (exact) mass is 410 g/mol. The number of hydrazone groups is 1. The molecular weight excluding hydrogens is 383 g/mol. The first-order valence-electron chi connectivity index (χ1n) is 10.3. The number of likely N-dealkylation sites (N-methyl/N-ethyl adjacent to an activating group) is 2. The zero-order valence-electron chi connectivity index (χ0n) is 17.6. The Bertz CT molecular complexity index is 949. The molecule has 2 aliphatic rings. The van der Waals surface area contributed by atoms with Crippen LogP contribution in [0.5, 0.6) is 5.75 Å². The third-order valence-corrected chi connectivity index (χ3v) is 5.87. The van der Waals surface area contributed by atoms with Gasteiger partial charge < -0.3 is 14.5 Å². The molecule has 2 atom stereocenters. The van der Waals surface area contributed by atoms with Crippen LogP contribution in [0.15, 0.2) is 53.6 Å². The second kappa shape index (κ2) is 8.44. The Kier molecular flexibility index (Phi) is 5.72. The fourth-order valence-corrected chi connectivity index (χ4v) is 3.94. The first-order chi connectivity index (χ1) is 14.5. The Morgan fingerprint density at radius 1 is 1.20 bits per heavy atom. The number of nitrogens with zero attached hydrogens (tertiary/aromatic N) is 4. The van der Waals surface area contributed by atoms with Gasteiger partial charge in [-0.05, 0) is 37.4 Å². The number of urea groups is 1. The summed E-state index contributed by atoms with van der Waals surface area (Å²) in [6, 6.07) is 13.8. The summed E-state index contributed by atoms with van der Waals surface area (Å²) in [5.74, 6) is 0.101. The lowest BCUT2D eigenvalue weighted by molar-refractivity contribution is 0.130. The van der Waals surface area contributed by atoms with Crippen LogP contribution >= 0.6 is 0 Å². The topological polar surface area (TPSA) is 48.4 Å². The number of halogens is 1. The maximum atomic E-state index is 14.0. The molecular formula is C23H27FN4O2. The van der Waals surface area contributed by atoms with Crippen LogP contribution in [0.1, 0.15) is 24.1 Å². The molecule has 2 aliphatic heterocycles. The summed E-state index contributed by atoms with van der Waals surface area (Å²) in [6.07, 6.45) is 0. The number of benzene rings is 2. The van der Waals surface area contributed by atoms with E-state index in [2.05, 4.69) is 11.8 Å². The summed E-state index contributed by atoms with van der Waals surface area (Å²) in [4.78, 5) is 17.2. The molecule has 2 aromatic rings. The lowest BCUT2D eigenvalue weighted by Crippen LogP contribution is -2.43. The molecule has 6 nitrogen and oxygen atoms in total. The molecule has 0 aliphatic carbocycles. The standard InChI is InChI=1S/C23H27FN4O2/c1-4-26(2)12-13-27(3)23(29)28-22(16-8-6-5-7-9-16)19-15-30-20-11-10-17(24)14-18(20)21(19)25-28/h5-11,14,19,22H,4,12-13,15H2,1-3H3. The second-order valence-corrected chi connectivity index (χ2v) is 7.84. The molecule has 0 saturated heterocycles. The van der Waals surface area contributed by atoms with Gasteiger partial charge in [0, 0.05) is 25.7 Å². The molecule has 0 spiro atoms. The highest BCUT2D eigenvalue weighted by Gasteiger charge is 2.45. The van der Waals surface area contributed by atoms with Crippen molar-refractivity contribution in [3.8, 4) is 5.75 Å². The van der Waals surface area contributed by atoms with Gasteiger partial charge in [-0.1, -0.05) is 37.3 Å². The second-order valence-electron chi connectivity index (χ2n) is 7.84. The first kappa shape index (κ1) is 20.3. The molecule has 0 saturated carbocycles. The van der Waals surface area contributed by atoms with Crippen LogP contribution < -0.4 is 4.74 Å². The van der Waals surface area contributed by atoms with Gasteiger partial charge in [-0.25, -0.2) is 14.2 Å². The molecule has 0 fully saturated rings. The van der Waals surface area contributed by atoms with Crippen LogP contribution in [0.2, 0.25) is 0 Å². The number of rotatable bonds is 5. The predicted molar refractivity (Wildman–Crippen MR) is 114 cm³/mol. The highest BCUT2D eigenvalue weighted by Crippen LogP contribution is 2.42. The maximum Gasteiger partial charge on any atom is 0.340 e. The minimum absolute atomic E-state index is 0.155. The van der Waals surface area contributed by atoms with Crippen LogP contribution in [0.3, 0.4) is 0 Å². The molecule has 7 heteroatoms. The van der Waals surface area contributed by atoms with Crippen molar-refractivity contribution in [2.24, 2.45) is 11.0 Å². The molecule has 4 rings (SSSR count). The van der Waals surface area contributed by atoms with Crippen LogP contribution in [0.4, 0.5) is 9.18 Å². The van der Waals surface area contributed by atoms with Crippen molar-refractivity contribution >= 4 is 11.7 Å². The van der Waals surface area contributed by atoms with E-state index in [1.165, 1.54) is 12.1 Å².